The van der Waals surface area contributed by atoms with E-state index in [1.165, 1.54) is 51.6 Å². The summed E-state index contributed by atoms with van der Waals surface area (Å²) in [7, 11) is 0. The van der Waals surface area contributed by atoms with Gasteiger partial charge in [-0.2, -0.15) is 0 Å². The molecule has 0 radical (unpaired) electrons. The van der Waals surface area contributed by atoms with Gasteiger partial charge in [-0.15, -0.1) is 0 Å². The molecule has 1 fully saturated rings. The van der Waals surface area contributed by atoms with Crippen LogP contribution < -0.4 is 5.32 Å². The molecule has 1 rings (SSSR count). The van der Waals surface area contributed by atoms with Crippen LogP contribution in [-0.4, -0.2) is 36.1 Å². The smallest absolute Gasteiger partial charge is 0.00669 e. The van der Waals surface area contributed by atoms with Crippen LogP contribution in [0.3, 0.4) is 0 Å². The third kappa shape index (κ3) is 5.87. The van der Waals surface area contributed by atoms with Crippen LogP contribution in [-0.2, 0) is 0 Å². The van der Waals surface area contributed by atoms with Gasteiger partial charge < -0.3 is 10.2 Å². The fraction of sp³-hybridized carbons (Fsp3) is 1.00. The van der Waals surface area contributed by atoms with E-state index in [1.54, 1.807) is 0 Å². The van der Waals surface area contributed by atoms with Gasteiger partial charge in [-0.3, -0.25) is 0 Å². The second-order valence-corrected chi connectivity index (χ2v) is 5.93. The van der Waals surface area contributed by atoms with Crippen LogP contribution in [0, 0.1) is 0 Å². The summed E-state index contributed by atoms with van der Waals surface area (Å²) in [4.78, 5) is 2.71. The SMILES string of the molecule is CCCCCC(C)N1CCC(C)NC(C)CC1. The van der Waals surface area contributed by atoms with E-state index in [4.69, 9.17) is 0 Å². The van der Waals surface area contributed by atoms with Crippen molar-refractivity contribution in [3.8, 4) is 0 Å². The summed E-state index contributed by atoms with van der Waals surface area (Å²) in [6, 6.07) is 2.13. The molecular formula is C15H32N2. The molecule has 1 saturated heterocycles. The zero-order valence-corrected chi connectivity index (χ0v) is 12.3. The van der Waals surface area contributed by atoms with Crippen molar-refractivity contribution >= 4 is 0 Å². The van der Waals surface area contributed by atoms with E-state index in [0.717, 1.165) is 6.04 Å². The highest BCUT2D eigenvalue weighted by Gasteiger charge is 2.19. The number of unbranched alkanes of at least 4 members (excludes halogenated alkanes) is 2. The van der Waals surface area contributed by atoms with E-state index in [-0.39, 0.29) is 0 Å². The molecule has 1 heterocycles. The first kappa shape index (κ1) is 15.0. The minimum absolute atomic E-state index is 0.677. The summed E-state index contributed by atoms with van der Waals surface area (Å²) in [5, 5.41) is 3.67. The largest absolute Gasteiger partial charge is 0.312 e. The van der Waals surface area contributed by atoms with Gasteiger partial charge in [-0.25, -0.2) is 0 Å². The molecule has 0 aromatic heterocycles. The van der Waals surface area contributed by atoms with Crippen molar-refractivity contribution in [2.24, 2.45) is 0 Å². The number of hydrogen-bond acceptors (Lipinski definition) is 2. The minimum atomic E-state index is 0.677. The Hall–Kier alpha value is -0.0800. The predicted molar refractivity (Wildman–Crippen MR) is 76.5 cm³/mol. The monoisotopic (exact) mass is 240 g/mol. The number of nitrogens with zero attached hydrogens (tertiary/aromatic N) is 1. The Bertz CT molecular complexity index is 181. The molecule has 1 N–H and O–H groups in total. The van der Waals surface area contributed by atoms with E-state index in [0.29, 0.717) is 12.1 Å². The van der Waals surface area contributed by atoms with Crippen molar-refractivity contribution in [1.29, 1.82) is 0 Å². The molecule has 0 bridgehead atoms. The highest BCUT2D eigenvalue weighted by atomic mass is 15.2. The highest BCUT2D eigenvalue weighted by Crippen LogP contribution is 2.14. The van der Waals surface area contributed by atoms with Gasteiger partial charge >= 0.3 is 0 Å². The van der Waals surface area contributed by atoms with Gasteiger partial charge in [-0.05, 0) is 53.1 Å². The number of hydrogen-bond donors (Lipinski definition) is 1. The van der Waals surface area contributed by atoms with Crippen molar-refractivity contribution in [2.75, 3.05) is 13.1 Å². The fourth-order valence-electron chi connectivity index (χ4n) is 2.80. The molecule has 0 aromatic rings. The molecule has 0 aromatic carbocycles. The van der Waals surface area contributed by atoms with Gasteiger partial charge in [0, 0.05) is 18.1 Å². The quantitative estimate of drug-likeness (QED) is 0.741. The Balaban J connectivity index is 2.34. The number of nitrogens with one attached hydrogen (secondary N) is 1. The average molecular weight is 240 g/mol. The first-order valence-corrected chi connectivity index (χ1v) is 7.63. The Morgan fingerprint density at radius 1 is 1.12 bits per heavy atom. The van der Waals surface area contributed by atoms with Crippen molar-refractivity contribution in [2.45, 2.75) is 84.3 Å². The Morgan fingerprint density at radius 3 is 2.24 bits per heavy atom. The lowest BCUT2D eigenvalue weighted by Crippen LogP contribution is -2.45. The third-order valence-electron chi connectivity index (χ3n) is 4.12. The van der Waals surface area contributed by atoms with Crippen molar-refractivity contribution in [1.82, 2.24) is 10.2 Å². The maximum absolute atomic E-state index is 3.67. The van der Waals surface area contributed by atoms with Crippen LogP contribution in [0.5, 0.6) is 0 Å². The average Bonchev–Trinajstić information content (AvgIpc) is 2.26. The topological polar surface area (TPSA) is 15.3 Å². The van der Waals surface area contributed by atoms with Gasteiger partial charge in [0.2, 0.25) is 0 Å². The standard InChI is InChI=1S/C15H32N2/c1-5-6-7-8-15(4)17-11-9-13(2)16-14(3)10-12-17/h13-16H,5-12H2,1-4H3. The molecule has 1 aliphatic heterocycles. The van der Waals surface area contributed by atoms with Crippen LogP contribution in [0.2, 0.25) is 0 Å². The summed E-state index contributed by atoms with van der Waals surface area (Å²) in [6.07, 6.45) is 8.10. The summed E-state index contributed by atoms with van der Waals surface area (Å²) in [6.45, 7) is 11.9. The van der Waals surface area contributed by atoms with Crippen LogP contribution in [0.25, 0.3) is 0 Å². The van der Waals surface area contributed by atoms with Crippen molar-refractivity contribution in [3.63, 3.8) is 0 Å². The lowest BCUT2D eigenvalue weighted by atomic mass is 10.0. The van der Waals surface area contributed by atoms with Crippen LogP contribution in [0.1, 0.15) is 66.2 Å². The Labute approximate surface area is 108 Å². The van der Waals surface area contributed by atoms with E-state index in [9.17, 15) is 0 Å². The molecule has 0 saturated carbocycles. The first-order chi connectivity index (χ1) is 8.13. The summed E-state index contributed by atoms with van der Waals surface area (Å²) < 4.78 is 0. The van der Waals surface area contributed by atoms with Crippen LogP contribution >= 0.6 is 0 Å². The van der Waals surface area contributed by atoms with Gasteiger partial charge in [0.25, 0.3) is 0 Å². The molecule has 0 aliphatic carbocycles. The minimum Gasteiger partial charge on any atom is -0.312 e. The van der Waals surface area contributed by atoms with Crippen molar-refractivity contribution < 1.29 is 0 Å². The molecule has 2 nitrogen and oxygen atoms in total. The maximum atomic E-state index is 3.67. The van der Waals surface area contributed by atoms with Crippen LogP contribution in [0.4, 0.5) is 0 Å². The molecule has 17 heavy (non-hydrogen) atoms. The summed E-state index contributed by atoms with van der Waals surface area (Å²) in [5.74, 6) is 0. The van der Waals surface area contributed by atoms with Gasteiger partial charge in [0.05, 0.1) is 0 Å². The third-order valence-corrected chi connectivity index (χ3v) is 4.12. The molecule has 102 valence electrons. The molecule has 2 heteroatoms. The van der Waals surface area contributed by atoms with E-state index < -0.39 is 0 Å². The van der Waals surface area contributed by atoms with Gasteiger partial charge in [-0.1, -0.05) is 26.2 Å². The van der Waals surface area contributed by atoms with Gasteiger partial charge in [0.1, 0.15) is 0 Å². The van der Waals surface area contributed by atoms with Crippen molar-refractivity contribution in [3.05, 3.63) is 0 Å². The zero-order valence-electron chi connectivity index (χ0n) is 12.3. The molecular weight excluding hydrogens is 208 g/mol. The zero-order chi connectivity index (χ0) is 12.7. The highest BCUT2D eigenvalue weighted by molar-refractivity contribution is 4.77. The summed E-state index contributed by atoms with van der Waals surface area (Å²) >= 11 is 0. The second kappa shape index (κ2) is 8.10. The van der Waals surface area contributed by atoms with Gasteiger partial charge in [0.15, 0.2) is 0 Å². The van der Waals surface area contributed by atoms with E-state index >= 15 is 0 Å². The second-order valence-electron chi connectivity index (χ2n) is 5.93. The first-order valence-electron chi connectivity index (χ1n) is 7.63. The van der Waals surface area contributed by atoms with Crippen LogP contribution in [0.15, 0.2) is 0 Å². The molecule has 0 spiro atoms. The van der Waals surface area contributed by atoms with E-state index in [1.807, 2.05) is 0 Å². The Kier molecular flexibility index (Phi) is 7.14. The molecule has 1 aliphatic rings. The number of rotatable bonds is 5. The predicted octanol–water partition coefficient (Wildman–Crippen LogP) is 3.42. The lowest BCUT2D eigenvalue weighted by Gasteiger charge is -2.34. The molecule has 3 atom stereocenters. The molecule has 3 unspecified atom stereocenters. The summed E-state index contributed by atoms with van der Waals surface area (Å²) in [5.41, 5.74) is 0. The lowest BCUT2D eigenvalue weighted by molar-refractivity contribution is 0.162. The Morgan fingerprint density at radius 2 is 1.71 bits per heavy atom. The van der Waals surface area contributed by atoms with E-state index in [2.05, 4.69) is 37.9 Å². The fourth-order valence-corrected chi connectivity index (χ4v) is 2.80. The maximum Gasteiger partial charge on any atom is 0.00669 e. The molecule has 0 amide bonds. The normalized spacial score (nSPS) is 29.6.